The predicted molar refractivity (Wildman–Crippen MR) is 98.1 cm³/mol. The third-order valence-electron chi connectivity index (χ3n) is 4.61. The largest absolute Gasteiger partial charge is 0.329 e. The molecular weight excluding hydrogens is 318 g/mol. The minimum atomic E-state index is -0.0658. The zero-order chi connectivity index (χ0) is 17.1. The molecule has 0 fully saturated rings. The Morgan fingerprint density at radius 2 is 2.21 bits per heavy atom. The van der Waals surface area contributed by atoms with Gasteiger partial charge in [-0.2, -0.15) is 0 Å². The van der Waals surface area contributed by atoms with Crippen LogP contribution in [0.25, 0.3) is 0 Å². The lowest BCUT2D eigenvalue weighted by atomic mass is 9.97. The molecule has 5 heteroatoms. The van der Waals surface area contributed by atoms with Gasteiger partial charge in [0.25, 0.3) is 0 Å². The van der Waals surface area contributed by atoms with Gasteiger partial charge in [-0.1, -0.05) is 19.9 Å². The molecule has 0 spiro atoms. The zero-order valence-electron chi connectivity index (χ0n) is 14.6. The first-order valence-electron chi connectivity index (χ1n) is 8.58. The number of amides is 2. The lowest BCUT2D eigenvalue weighted by molar-refractivity contribution is 0.187. The van der Waals surface area contributed by atoms with Gasteiger partial charge in [-0.3, -0.25) is 4.98 Å². The second-order valence-corrected chi connectivity index (χ2v) is 7.77. The van der Waals surface area contributed by atoms with Gasteiger partial charge in [0.2, 0.25) is 0 Å². The first-order chi connectivity index (χ1) is 11.6. The molecule has 24 heavy (non-hydrogen) atoms. The van der Waals surface area contributed by atoms with Crippen LogP contribution < -0.4 is 5.32 Å². The van der Waals surface area contributed by atoms with Gasteiger partial charge in [0.05, 0.1) is 11.7 Å². The normalized spacial score (nSPS) is 15.8. The summed E-state index contributed by atoms with van der Waals surface area (Å²) in [5.41, 5.74) is 3.38. The number of carbonyl (C=O) groups excluding carboxylic acids is 1. The molecule has 4 nitrogen and oxygen atoms in total. The number of carbonyl (C=O) groups is 1. The smallest absolute Gasteiger partial charge is 0.318 e. The summed E-state index contributed by atoms with van der Waals surface area (Å²) in [6.07, 6.45) is 3.90. The van der Waals surface area contributed by atoms with Crippen molar-refractivity contribution in [2.45, 2.75) is 46.2 Å². The van der Waals surface area contributed by atoms with Gasteiger partial charge < -0.3 is 10.2 Å². The van der Waals surface area contributed by atoms with Crippen LogP contribution in [0.15, 0.2) is 29.8 Å². The number of pyridine rings is 1. The minimum absolute atomic E-state index is 0.0119. The quantitative estimate of drug-likeness (QED) is 0.903. The number of nitrogens with zero attached hydrogens (tertiary/aromatic N) is 2. The van der Waals surface area contributed by atoms with Crippen molar-refractivity contribution in [3.63, 3.8) is 0 Å². The van der Waals surface area contributed by atoms with Crippen molar-refractivity contribution < 1.29 is 4.79 Å². The predicted octanol–water partition coefficient (Wildman–Crippen LogP) is 4.31. The fourth-order valence-corrected chi connectivity index (χ4v) is 4.16. The van der Waals surface area contributed by atoms with E-state index in [-0.39, 0.29) is 18.0 Å². The number of hydrogen-bond donors (Lipinski definition) is 1. The Morgan fingerprint density at radius 3 is 2.96 bits per heavy atom. The number of nitrogens with one attached hydrogen (secondary N) is 1. The van der Waals surface area contributed by atoms with E-state index in [2.05, 4.69) is 35.6 Å². The van der Waals surface area contributed by atoms with Crippen LogP contribution in [0.3, 0.4) is 0 Å². The van der Waals surface area contributed by atoms with Crippen LogP contribution in [0.4, 0.5) is 4.79 Å². The summed E-state index contributed by atoms with van der Waals surface area (Å²) in [5, 5.41) is 5.35. The first-order valence-corrected chi connectivity index (χ1v) is 9.46. The highest BCUT2D eigenvalue weighted by atomic mass is 32.1. The van der Waals surface area contributed by atoms with Gasteiger partial charge in [0, 0.05) is 24.2 Å². The van der Waals surface area contributed by atoms with Crippen molar-refractivity contribution in [3.8, 4) is 0 Å². The zero-order valence-corrected chi connectivity index (χ0v) is 15.4. The SMILES string of the molecule is Cc1cccnc1C(NC(=O)N1CCCc2sccc2C1)C(C)C. The molecule has 3 heterocycles. The van der Waals surface area contributed by atoms with Crippen molar-refractivity contribution >= 4 is 17.4 Å². The fraction of sp³-hybridized carbons (Fsp3) is 0.474. The summed E-state index contributed by atoms with van der Waals surface area (Å²) in [4.78, 5) is 20.7. The van der Waals surface area contributed by atoms with Gasteiger partial charge >= 0.3 is 6.03 Å². The van der Waals surface area contributed by atoms with Gasteiger partial charge in [0.1, 0.15) is 0 Å². The Balaban J connectivity index is 1.76. The van der Waals surface area contributed by atoms with Crippen molar-refractivity contribution in [1.29, 1.82) is 0 Å². The lowest BCUT2D eigenvalue weighted by Gasteiger charge is -2.28. The molecule has 1 N–H and O–H groups in total. The Kier molecular flexibility index (Phi) is 5.19. The van der Waals surface area contributed by atoms with Crippen LogP contribution in [0.5, 0.6) is 0 Å². The van der Waals surface area contributed by atoms with Crippen molar-refractivity contribution in [3.05, 3.63) is 51.5 Å². The van der Waals surface area contributed by atoms with Crippen LogP contribution in [0.2, 0.25) is 0 Å². The molecule has 2 amide bonds. The summed E-state index contributed by atoms with van der Waals surface area (Å²) in [6, 6.07) is 6.08. The second kappa shape index (κ2) is 7.34. The van der Waals surface area contributed by atoms with Gasteiger partial charge in [-0.15, -0.1) is 11.3 Å². The van der Waals surface area contributed by atoms with Crippen LogP contribution in [-0.2, 0) is 13.0 Å². The Hall–Kier alpha value is -1.88. The maximum absolute atomic E-state index is 12.9. The van der Waals surface area contributed by atoms with Crippen molar-refractivity contribution in [2.75, 3.05) is 6.54 Å². The second-order valence-electron chi connectivity index (χ2n) is 6.77. The molecule has 128 valence electrons. The lowest BCUT2D eigenvalue weighted by Crippen LogP contribution is -2.43. The van der Waals surface area contributed by atoms with E-state index in [0.29, 0.717) is 6.54 Å². The Bertz CT molecular complexity index is 710. The van der Waals surface area contributed by atoms with Crippen LogP contribution >= 0.6 is 11.3 Å². The van der Waals surface area contributed by atoms with E-state index in [1.807, 2.05) is 24.0 Å². The van der Waals surface area contributed by atoms with Gasteiger partial charge in [0.15, 0.2) is 0 Å². The van der Waals surface area contributed by atoms with Gasteiger partial charge in [-0.05, 0) is 54.3 Å². The number of thiophene rings is 1. The van der Waals surface area contributed by atoms with E-state index in [9.17, 15) is 4.79 Å². The van der Waals surface area contributed by atoms with E-state index in [4.69, 9.17) is 0 Å². The maximum atomic E-state index is 12.9. The topological polar surface area (TPSA) is 45.2 Å². The average molecular weight is 343 g/mol. The van der Waals surface area contributed by atoms with E-state index < -0.39 is 0 Å². The van der Waals surface area contributed by atoms with Crippen LogP contribution in [0, 0.1) is 12.8 Å². The highest BCUT2D eigenvalue weighted by Crippen LogP contribution is 2.26. The number of hydrogen-bond acceptors (Lipinski definition) is 3. The van der Waals surface area contributed by atoms with Gasteiger partial charge in [-0.25, -0.2) is 4.79 Å². The molecule has 0 bridgehead atoms. The molecule has 2 aromatic rings. The van der Waals surface area contributed by atoms with Crippen LogP contribution in [-0.4, -0.2) is 22.5 Å². The van der Waals surface area contributed by atoms with E-state index >= 15 is 0 Å². The molecule has 1 aliphatic heterocycles. The Labute approximate surface area is 147 Å². The standard InChI is InChI=1S/C19H25N3OS/c1-13(2)17(18-14(3)6-4-9-20-18)21-19(23)22-10-5-7-16-15(12-22)8-11-24-16/h4,6,8-9,11,13,17H,5,7,10,12H2,1-3H3,(H,21,23). The molecule has 1 aliphatic rings. The summed E-state index contributed by atoms with van der Waals surface area (Å²) < 4.78 is 0. The number of fused-ring (bicyclic) bond motifs is 1. The highest BCUT2D eigenvalue weighted by Gasteiger charge is 2.25. The molecule has 3 rings (SSSR count). The molecule has 0 saturated heterocycles. The van der Waals surface area contributed by atoms with E-state index in [1.165, 1.54) is 10.4 Å². The minimum Gasteiger partial charge on any atom is -0.329 e. The molecule has 0 radical (unpaired) electrons. The molecule has 0 aromatic carbocycles. The van der Waals surface area contributed by atoms with Crippen molar-refractivity contribution in [2.24, 2.45) is 5.92 Å². The fourth-order valence-electron chi connectivity index (χ4n) is 3.21. The number of aromatic nitrogens is 1. The molecule has 2 aromatic heterocycles. The van der Waals surface area contributed by atoms with E-state index in [1.54, 1.807) is 17.5 Å². The summed E-state index contributed by atoms with van der Waals surface area (Å²) >= 11 is 1.80. The van der Waals surface area contributed by atoms with Crippen molar-refractivity contribution in [1.82, 2.24) is 15.2 Å². The maximum Gasteiger partial charge on any atom is 0.318 e. The molecule has 0 saturated carbocycles. The number of urea groups is 1. The Morgan fingerprint density at radius 1 is 1.38 bits per heavy atom. The highest BCUT2D eigenvalue weighted by molar-refractivity contribution is 7.10. The first kappa shape index (κ1) is 17.0. The summed E-state index contributed by atoms with van der Waals surface area (Å²) in [5.74, 6) is 0.284. The summed E-state index contributed by atoms with van der Waals surface area (Å²) in [7, 11) is 0. The number of rotatable bonds is 3. The van der Waals surface area contributed by atoms with E-state index in [0.717, 1.165) is 30.6 Å². The third-order valence-corrected chi connectivity index (χ3v) is 5.63. The average Bonchev–Trinajstić information content (AvgIpc) is 2.90. The molecule has 0 aliphatic carbocycles. The number of aryl methyl sites for hydroxylation is 2. The summed E-state index contributed by atoms with van der Waals surface area (Å²) in [6.45, 7) is 7.81. The van der Waals surface area contributed by atoms with Crippen LogP contribution in [0.1, 0.15) is 48.0 Å². The molecular formula is C19H25N3OS. The molecule has 1 atom stereocenters. The third kappa shape index (κ3) is 3.61. The monoisotopic (exact) mass is 343 g/mol. The molecule has 1 unspecified atom stereocenters.